The zero-order valence-corrected chi connectivity index (χ0v) is 14.5. The average molecular weight is 331 g/mol. The van der Waals surface area contributed by atoms with Crippen LogP contribution in [0.4, 0.5) is 0 Å². The summed E-state index contributed by atoms with van der Waals surface area (Å²) in [5, 5.41) is 3.93. The minimum absolute atomic E-state index is 0.0506. The number of pyridine rings is 1. The lowest BCUT2D eigenvalue weighted by atomic mass is 10.0. The van der Waals surface area contributed by atoms with E-state index in [0.29, 0.717) is 37.0 Å². The average Bonchev–Trinajstić information content (AvgIpc) is 3.06. The highest BCUT2D eigenvalue weighted by atomic mass is 16.5. The van der Waals surface area contributed by atoms with Crippen molar-refractivity contribution in [1.29, 1.82) is 0 Å². The van der Waals surface area contributed by atoms with Gasteiger partial charge in [0.15, 0.2) is 0 Å². The van der Waals surface area contributed by atoms with Gasteiger partial charge in [0.05, 0.1) is 0 Å². The molecule has 24 heavy (non-hydrogen) atoms. The number of hydrogen-bond donors (Lipinski definition) is 1. The van der Waals surface area contributed by atoms with Crippen LogP contribution < -0.4 is 5.73 Å². The Morgan fingerprint density at radius 2 is 2.04 bits per heavy atom. The van der Waals surface area contributed by atoms with E-state index < -0.39 is 0 Å². The first-order chi connectivity index (χ1) is 11.5. The van der Waals surface area contributed by atoms with Crippen LogP contribution >= 0.6 is 0 Å². The summed E-state index contributed by atoms with van der Waals surface area (Å²) in [5.41, 5.74) is 6.85. The molecule has 2 heterocycles. The monoisotopic (exact) mass is 331 g/mol. The molecule has 0 radical (unpaired) electrons. The third kappa shape index (κ3) is 5.13. The molecule has 130 valence electrons. The Morgan fingerprint density at radius 1 is 1.33 bits per heavy atom. The summed E-state index contributed by atoms with van der Waals surface area (Å²) in [6.07, 6.45) is 4.91. The summed E-state index contributed by atoms with van der Waals surface area (Å²) >= 11 is 0. The lowest BCUT2D eigenvalue weighted by Gasteiger charge is -2.21. The van der Waals surface area contributed by atoms with Crippen LogP contribution in [-0.4, -0.2) is 45.6 Å². The van der Waals surface area contributed by atoms with E-state index >= 15 is 0 Å². The quantitative estimate of drug-likeness (QED) is 0.793. The number of amides is 1. The second-order valence-electron chi connectivity index (χ2n) is 6.26. The maximum Gasteiger partial charge on any atom is 0.227 e. The van der Waals surface area contributed by atoms with Gasteiger partial charge >= 0.3 is 0 Å². The smallest absolute Gasteiger partial charge is 0.227 e. The first-order valence-corrected chi connectivity index (χ1v) is 8.20. The Bertz CT molecular complexity index is 641. The molecule has 1 atom stereocenters. The Labute approximate surface area is 142 Å². The van der Waals surface area contributed by atoms with Crippen molar-refractivity contribution < 1.29 is 9.32 Å². The molecule has 2 aromatic heterocycles. The summed E-state index contributed by atoms with van der Waals surface area (Å²) in [4.78, 5) is 22.1. The van der Waals surface area contributed by atoms with Crippen LogP contribution in [0.5, 0.6) is 0 Å². The topological polar surface area (TPSA) is 98.1 Å². The molecular weight excluding hydrogens is 306 g/mol. The van der Waals surface area contributed by atoms with Crippen LogP contribution in [0.15, 0.2) is 29.0 Å². The Morgan fingerprint density at radius 3 is 2.71 bits per heavy atom. The van der Waals surface area contributed by atoms with Gasteiger partial charge in [-0.2, -0.15) is 4.98 Å². The van der Waals surface area contributed by atoms with Crippen molar-refractivity contribution >= 4 is 5.91 Å². The van der Waals surface area contributed by atoms with Gasteiger partial charge in [0.1, 0.15) is 0 Å². The number of nitrogens with two attached hydrogens (primary N) is 1. The van der Waals surface area contributed by atoms with E-state index in [1.165, 1.54) is 0 Å². The molecule has 0 saturated heterocycles. The molecule has 0 aliphatic heterocycles. The van der Waals surface area contributed by atoms with Crippen LogP contribution in [-0.2, 0) is 11.2 Å². The van der Waals surface area contributed by atoms with E-state index in [-0.39, 0.29) is 11.9 Å². The Kier molecular flexibility index (Phi) is 6.43. The van der Waals surface area contributed by atoms with Gasteiger partial charge in [-0.1, -0.05) is 19.0 Å². The van der Waals surface area contributed by atoms with Gasteiger partial charge in [0.2, 0.25) is 17.6 Å². The van der Waals surface area contributed by atoms with Gasteiger partial charge in [-0.15, -0.1) is 0 Å². The molecule has 2 N–H and O–H groups in total. The zero-order valence-electron chi connectivity index (χ0n) is 14.5. The van der Waals surface area contributed by atoms with Crippen LogP contribution in [0.25, 0.3) is 11.4 Å². The minimum atomic E-state index is 0.0506. The molecule has 0 fully saturated rings. The number of rotatable bonds is 8. The number of hydrogen-bond acceptors (Lipinski definition) is 6. The van der Waals surface area contributed by atoms with Gasteiger partial charge in [-0.05, 0) is 24.5 Å². The summed E-state index contributed by atoms with van der Waals surface area (Å²) in [6.45, 7) is 4.83. The highest BCUT2D eigenvalue weighted by Gasteiger charge is 2.15. The van der Waals surface area contributed by atoms with E-state index in [4.69, 9.17) is 10.3 Å². The van der Waals surface area contributed by atoms with Crippen molar-refractivity contribution in [2.24, 2.45) is 11.7 Å². The fourth-order valence-electron chi connectivity index (χ4n) is 2.18. The molecule has 0 spiro atoms. The summed E-state index contributed by atoms with van der Waals surface area (Å²) in [6, 6.07) is 3.73. The van der Waals surface area contributed by atoms with E-state index in [9.17, 15) is 4.79 Å². The molecule has 1 unspecified atom stereocenters. The van der Waals surface area contributed by atoms with Crippen molar-refractivity contribution in [3.8, 4) is 11.4 Å². The van der Waals surface area contributed by atoms with E-state index in [1.807, 2.05) is 12.1 Å². The van der Waals surface area contributed by atoms with E-state index in [0.717, 1.165) is 12.0 Å². The Balaban J connectivity index is 1.80. The third-order valence-electron chi connectivity index (χ3n) is 4.04. The Hall–Kier alpha value is -2.28. The van der Waals surface area contributed by atoms with Gasteiger partial charge < -0.3 is 15.2 Å². The molecule has 2 rings (SSSR count). The molecule has 0 saturated carbocycles. The predicted octanol–water partition coefficient (Wildman–Crippen LogP) is 1.90. The molecule has 2 aromatic rings. The van der Waals surface area contributed by atoms with Crippen LogP contribution in [0.3, 0.4) is 0 Å². The maximum absolute atomic E-state index is 12.2. The molecule has 0 aromatic carbocycles. The van der Waals surface area contributed by atoms with E-state index in [2.05, 4.69) is 29.0 Å². The molecule has 0 aliphatic carbocycles. The largest absolute Gasteiger partial charge is 0.346 e. The van der Waals surface area contributed by atoms with E-state index in [1.54, 1.807) is 24.3 Å². The second kappa shape index (κ2) is 8.54. The summed E-state index contributed by atoms with van der Waals surface area (Å²) < 4.78 is 5.21. The molecule has 7 heteroatoms. The number of carbonyl (C=O) groups excluding carboxylic acids is 1. The summed E-state index contributed by atoms with van der Waals surface area (Å²) in [5.74, 6) is 1.44. The lowest BCUT2D eigenvalue weighted by molar-refractivity contribution is -0.130. The number of aryl methyl sites for hydroxylation is 1. The van der Waals surface area contributed by atoms with Crippen molar-refractivity contribution in [1.82, 2.24) is 20.0 Å². The molecular formula is C17H25N5O2. The third-order valence-corrected chi connectivity index (χ3v) is 4.04. The molecule has 7 nitrogen and oxygen atoms in total. The van der Waals surface area contributed by atoms with Crippen LogP contribution in [0, 0.1) is 5.92 Å². The zero-order chi connectivity index (χ0) is 17.5. The maximum atomic E-state index is 12.2. The summed E-state index contributed by atoms with van der Waals surface area (Å²) in [7, 11) is 1.80. The van der Waals surface area contributed by atoms with Crippen molar-refractivity contribution in [3.63, 3.8) is 0 Å². The molecule has 1 amide bonds. The normalized spacial score (nSPS) is 12.4. The van der Waals surface area contributed by atoms with Crippen LogP contribution in [0.1, 0.15) is 32.6 Å². The van der Waals surface area contributed by atoms with Gasteiger partial charge in [-0.25, -0.2) is 0 Å². The molecule has 0 bridgehead atoms. The highest BCUT2D eigenvalue weighted by molar-refractivity contribution is 5.76. The number of nitrogens with zero attached hydrogens (tertiary/aromatic N) is 4. The first-order valence-electron chi connectivity index (χ1n) is 8.20. The SMILES string of the molecule is CC(C)C(N)CCN(C)C(=O)CCc1nc(-c2ccncc2)no1. The second-order valence-corrected chi connectivity index (χ2v) is 6.26. The van der Waals surface area contributed by atoms with Gasteiger partial charge in [0.25, 0.3) is 0 Å². The fraction of sp³-hybridized carbons (Fsp3) is 0.529. The van der Waals surface area contributed by atoms with Crippen molar-refractivity contribution in [3.05, 3.63) is 30.4 Å². The predicted molar refractivity (Wildman–Crippen MR) is 90.9 cm³/mol. The fourth-order valence-corrected chi connectivity index (χ4v) is 2.18. The van der Waals surface area contributed by atoms with Crippen molar-refractivity contribution in [2.75, 3.05) is 13.6 Å². The van der Waals surface area contributed by atoms with Crippen LogP contribution in [0.2, 0.25) is 0 Å². The lowest BCUT2D eigenvalue weighted by Crippen LogP contribution is -2.34. The number of aromatic nitrogens is 3. The highest BCUT2D eigenvalue weighted by Crippen LogP contribution is 2.15. The first kappa shape index (κ1) is 18.1. The number of carbonyl (C=O) groups is 1. The van der Waals surface area contributed by atoms with Gasteiger partial charge in [-0.3, -0.25) is 9.78 Å². The van der Waals surface area contributed by atoms with Crippen molar-refractivity contribution in [2.45, 2.75) is 39.2 Å². The van der Waals surface area contributed by atoms with Gasteiger partial charge in [0, 0.05) is 50.4 Å². The minimum Gasteiger partial charge on any atom is -0.346 e. The standard InChI is InChI=1S/C17H25N5O2/c1-12(2)14(18)8-11-22(3)16(23)5-4-15-20-17(21-24-15)13-6-9-19-10-7-13/h6-7,9-10,12,14H,4-5,8,11,18H2,1-3H3. The molecule has 0 aliphatic rings.